The summed E-state index contributed by atoms with van der Waals surface area (Å²) in [7, 11) is 1.47. The van der Waals surface area contributed by atoms with E-state index in [9.17, 15) is 9.18 Å². The number of hydrogen-bond donors (Lipinski definition) is 1. The molecule has 1 amide bonds. The van der Waals surface area contributed by atoms with Crippen LogP contribution in [-0.2, 0) is 6.54 Å². The molecule has 8 heteroatoms. The van der Waals surface area contributed by atoms with Crippen molar-refractivity contribution in [1.82, 2.24) is 25.5 Å². The van der Waals surface area contributed by atoms with Crippen LogP contribution < -0.4 is 10.1 Å². The number of benzene rings is 1. The molecule has 0 unspecified atom stereocenters. The molecular weight excluding hydrogens is 325 g/mol. The highest BCUT2D eigenvalue weighted by molar-refractivity contribution is 5.92. The summed E-state index contributed by atoms with van der Waals surface area (Å²) in [6.07, 6.45) is 1.40. The first-order chi connectivity index (χ1) is 12.2. The van der Waals surface area contributed by atoms with Crippen LogP contribution in [-0.4, -0.2) is 33.2 Å². The van der Waals surface area contributed by atoms with Crippen LogP contribution in [0.5, 0.6) is 5.88 Å². The van der Waals surface area contributed by atoms with Gasteiger partial charge in [0, 0.05) is 11.6 Å². The lowest BCUT2D eigenvalue weighted by molar-refractivity contribution is 0.0944. The average Bonchev–Trinajstić information content (AvgIpc) is 2.67. The molecule has 1 N–H and O–H groups in total. The van der Waals surface area contributed by atoms with Crippen molar-refractivity contribution in [3.63, 3.8) is 0 Å². The van der Waals surface area contributed by atoms with Crippen molar-refractivity contribution in [2.75, 3.05) is 7.11 Å². The van der Waals surface area contributed by atoms with Crippen LogP contribution in [0.3, 0.4) is 0 Å². The second-order valence-electron chi connectivity index (χ2n) is 5.05. The van der Waals surface area contributed by atoms with Gasteiger partial charge in [-0.25, -0.2) is 14.4 Å². The Morgan fingerprint density at radius 1 is 1.12 bits per heavy atom. The SMILES string of the molecule is COc1ccc(C(=O)NCc2cc(-c3ccc(F)cc3)ncn2)nn1. The molecule has 1 aromatic carbocycles. The van der Waals surface area contributed by atoms with Crippen LogP contribution in [0.4, 0.5) is 4.39 Å². The van der Waals surface area contributed by atoms with Crippen LogP contribution >= 0.6 is 0 Å². The zero-order valence-electron chi connectivity index (χ0n) is 13.3. The number of carbonyl (C=O) groups is 1. The van der Waals surface area contributed by atoms with Gasteiger partial charge >= 0.3 is 0 Å². The molecule has 0 bridgehead atoms. The lowest BCUT2D eigenvalue weighted by atomic mass is 10.1. The van der Waals surface area contributed by atoms with Gasteiger partial charge in [-0.05, 0) is 36.4 Å². The quantitative estimate of drug-likeness (QED) is 0.765. The summed E-state index contributed by atoms with van der Waals surface area (Å²) in [6, 6.07) is 10.8. The molecule has 0 aliphatic rings. The van der Waals surface area contributed by atoms with Crippen LogP contribution in [0.25, 0.3) is 11.3 Å². The monoisotopic (exact) mass is 339 g/mol. The summed E-state index contributed by atoms with van der Waals surface area (Å²) in [5.41, 5.74) is 2.19. The Balaban J connectivity index is 1.67. The van der Waals surface area contributed by atoms with Crippen molar-refractivity contribution < 1.29 is 13.9 Å². The molecular formula is C17H14FN5O2. The number of rotatable bonds is 5. The molecule has 126 valence electrons. The van der Waals surface area contributed by atoms with E-state index >= 15 is 0 Å². The van der Waals surface area contributed by atoms with Crippen LogP contribution in [0, 0.1) is 5.82 Å². The number of carbonyl (C=O) groups excluding carboxylic acids is 1. The lowest BCUT2D eigenvalue weighted by Gasteiger charge is -2.06. The Kier molecular flexibility index (Phi) is 4.89. The van der Waals surface area contributed by atoms with Crippen molar-refractivity contribution in [2.45, 2.75) is 6.54 Å². The van der Waals surface area contributed by atoms with E-state index in [-0.39, 0.29) is 24.0 Å². The van der Waals surface area contributed by atoms with E-state index in [0.717, 1.165) is 5.56 Å². The van der Waals surface area contributed by atoms with Crippen LogP contribution in [0.2, 0.25) is 0 Å². The third kappa shape index (κ3) is 4.11. The molecule has 0 saturated heterocycles. The van der Waals surface area contributed by atoms with Gasteiger partial charge in [0.2, 0.25) is 5.88 Å². The Morgan fingerprint density at radius 2 is 1.92 bits per heavy atom. The molecule has 25 heavy (non-hydrogen) atoms. The molecule has 2 aromatic heterocycles. The van der Waals surface area contributed by atoms with Crippen molar-refractivity contribution in [3.8, 4) is 17.1 Å². The molecule has 7 nitrogen and oxygen atoms in total. The fourth-order valence-corrected chi connectivity index (χ4v) is 2.08. The van der Waals surface area contributed by atoms with Gasteiger partial charge in [-0.1, -0.05) is 0 Å². The second kappa shape index (κ2) is 7.43. The molecule has 0 radical (unpaired) electrons. The summed E-state index contributed by atoms with van der Waals surface area (Å²) in [5.74, 6) is -0.362. The first-order valence-electron chi connectivity index (χ1n) is 7.38. The van der Waals surface area contributed by atoms with Crippen molar-refractivity contribution in [3.05, 3.63) is 66.0 Å². The van der Waals surface area contributed by atoms with Gasteiger partial charge in [0.15, 0.2) is 5.69 Å². The normalized spacial score (nSPS) is 10.3. The molecule has 3 rings (SSSR count). The molecule has 0 aliphatic heterocycles. The number of hydrogen-bond acceptors (Lipinski definition) is 6. The zero-order chi connectivity index (χ0) is 17.6. The Morgan fingerprint density at radius 3 is 2.60 bits per heavy atom. The first-order valence-corrected chi connectivity index (χ1v) is 7.38. The highest BCUT2D eigenvalue weighted by Gasteiger charge is 2.09. The minimum absolute atomic E-state index is 0.175. The van der Waals surface area contributed by atoms with Gasteiger partial charge in [0.25, 0.3) is 5.91 Å². The maximum absolute atomic E-state index is 13.0. The molecule has 0 aliphatic carbocycles. The Hall–Kier alpha value is -3.42. The van der Waals surface area contributed by atoms with E-state index in [4.69, 9.17) is 4.74 Å². The third-order valence-corrected chi connectivity index (χ3v) is 3.38. The highest BCUT2D eigenvalue weighted by atomic mass is 19.1. The third-order valence-electron chi connectivity index (χ3n) is 3.38. The molecule has 0 fully saturated rings. The van der Waals surface area contributed by atoms with E-state index in [2.05, 4.69) is 25.5 Å². The summed E-state index contributed by atoms with van der Waals surface area (Å²) >= 11 is 0. The predicted molar refractivity (Wildman–Crippen MR) is 87.2 cm³/mol. The van der Waals surface area contributed by atoms with Gasteiger partial charge in [-0.15, -0.1) is 10.2 Å². The smallest absolute Gasteiger partial charge is 0.272 e. The van der Waals surface area contributed by atoms with E-state index in [1.54, 1.807) is 24.3 Å². The Bertz CT molecular complexity index is 869. The fourth-order valence-electron chi connectivity index (χ4n) is 2.08. The number of aromatic nitrogens is 4. The standard InChI is InChI=1S/C17H14FN5O2/c1-25-16-7-6-14(22-23-16)17(24)19-9-13-8-15(21-10-20-13)11-2-4-12(18)5-3-11/h2-8,10H,9H2,1H3,(H,19,24). The first kappa shape index (κ1) is 16.4. The maximum atomic E-state index is 13.0. The number of ether oxygens (including phenoxy) is 1. The molecule has 0 saturated carbocycles. The number of halogens is 1. The van der Waals surface area contributed by atoms with Crippen LogP contribution in [0.15, 0.2) is 48.8 Å². The van der Waals surface area contributed by atoms with Gasteiger partial charge in [-0.3, -0.25) is 4.79 Å². The Labute approximate surface area is 142 Å². The molecule has 2 heterocycles. The molecule has 3 aromatic rings. The summed E-state index contributed by atoms with van der Waals surface area (Å²) in [5, 5.41) is 10.2. The van der Waals surface area contributed by atoms with Gasteiger partial charge in [0.05, 0.1) is 25.0 Å². The minimum Gasteiger partial charge on any atom is -0.480 e. The van der Waals surface area contributed by atoms with E-state index in [1.807, 2.05) is 0 Å². The fraction of sp³-hybridized carbons (Fsp3) is 0.118. The summed E-state index contributed by atoms with van der Waals surface area (Å²) in [6.45, 7) is 0.198. The van der Waals surface area contributed by atoms with Gasteiger partial charge in [-0.2, -0.15) is 0 Å². The predicted octanol–water partition coefficient (Wildman–Crippen LogP) is 2.01. The number of nitrogens with one attached hydrogen (secondary N) is 1. The number of nitrogens with zero attached hydrogens (tertiary/aromatic N) is 4. The van der Waals surface area contributed by atoms with Crippen molar-refractivity contribution in [2.24, 2.45) is 0 Å². The minimum atomic E-state index is -0.378. The van der Waals surface area contributed by atoms with Crippen LogP contribution in [0.1, 0.15) is 16.2 Å². The second-order valence-corrected chi connectivity index (χ2v) is 5.05. The van der Waals surface area contributed by atoms with Crippen molar-refractivity contribution >= 4 is 5.91 Å². The van der Waals surface area contributed by atoms with E-state index in [0.29, 0.717) is 17.3 Å². The number of methoxy groups -OCH3 is 1. The lowest BCUT2D eigenvalue weighted by Crippen LogP contribution is -2.24. The summed E-state index contributed by atoms with van der Waals surface area (Å²) < 4.78 is 17.9. The van der Waals surface area contributed by atoms with Crippen molar-refractivity contribution in [1.29, 1.82) is 0 Å². The largest absolute Gasteiger partial charge is 0.480 e. The average molecular weight is 339 g/mol. The zero-order valence-corrected chi connectivity index (χ0v) is 13.3. The van der Waals surface area contributed by atoms with Gasteiger partial charge in [0.1, 0.15) is 12.1 Å². The summed E-state index contributed by atoms with van der Waals surface area (Å²) in [4.78, 5) is 20.4. The van der Waals surface area contributed by atoms with E-state index < -0.39 is 0 Å². The topological polar surface area (TPSA) is 89.9 Å². The molecule has 0 atom stereocenters. The number of amides is 1. The highest BCUT2D eigenvalue weighted by Crippen LogP contribution is 2.17. The molecule has 0 spiro atoms. The van der Waals surface area contributed by atoms with Gasteiger partial charge < -0.3 is 10.1 Å². The van der Waals surface area contributed by atoms with E-state index in [1.165, 1.54) is 31.6 Å². The maximum Gasteiger partial charge on any atom is 0.272 e.